The molecule has 0 saturated carbocycles. The molecule has 5 heteroatoms. The third kappa shape index (κ3) is 2.78. The standard InChI is InChI=1S/C16H14N2O3/c19-16(20)15-13(6-8-21-15)10-17-9-12-4-1-3-11-5-2-7-18-14(11)12/h1-8,17H,9-10H2,(H,19,20). The molecule has 0 spiro atoms. The maximum atomic E-state index is 11.0. The number of para-hydroxylation sites is 1. The Labute approximate surface area is 121 Å². The van der Waals surface area contributed by atoms with Gasteiger partial charge in [0.1, 0.15) is 0 Å². The zero-order valence-corrected chi connectivity index (χ0v) is 11.2. The highest BCUT2D eigenvalue weighted by Gasteiger charge is 2.13. The molecule has 2 aromatic heterocycles. The normalized spacial score (nSPS) is 10.9. The number of aromatic carboxylic acids is 1. The zero-order valence-electron chi connectivity index (χ0n) is 11.2. The summed E-state index contributed by atoms with van der Waals surface area (Å²) in [6.45, 7) is 1.04. The van der Waals surface area contributed by atoms with Gasteiger partial charge in [-0.3, -0.25) is 4.98 Å². The van der Waals surface area contributed by atoms with Gasteiger partial charge in [0.2, 0.25) is 5.76 Å². The van der Waals surface area contributed by atoms with Crippen LogP contribution in [0, 0.1) is 0 Å². The van der Waals surface area contributed by atoms with Crippen LogP contribution in [-0.4, -0.2) is 16.1 Å². The van der Waals surface area contributed by atoms with E-state index in [1.54, 1.807) is 12.3 Å². The number of carboxylic acids is 1. The first-order valence-electron chi connectivity index (χ1n) is 6.58. The number of furan rings is 1. The summed E-state index contributed by atoms with van der Waals surface area (Å²) >= 11 is 0. The molecule has 0 unspecified atom stereocenters. The van der Waals surface area contributed by atoms with E-state index in [4.69, 9.17) is 9.52 Å². The van der Waals surface area contributed by atoms with Crippen LogP contribution in [0.3, 0.4) is 0 Å². The van der Waals surface area contributed by atoms with Gasteiger partial charge >= 0.3 is 5.97 Å². The predicted molar refractivity (Wildman–Crippen MR) is 78.0 cm³/mol. The summed E-state index contributed by atoms with van der Waals surface area (Å²) in [4.78, 5) is 15.3. The lowest BCUT2D eigenvalue weighted by atomic mass is 10.1. The van der Waals surface area contributed by atoms with Gasteiger partial charge in [-0.05, 0) is 17.7 Å². The Hall–Kier alpha value is -2.66. The number of fused-ring (bicyclic) bond motifs is 1. The molecule has 0 saturated heterocycles. The van der Waals surface area contributed by atoms with E-state index in [-0.39, 0.29) is 5.76 Å². The van der Waals surface area contributed by atoms with Crippen LogP contribution in [0.25, 0.3) is 10.9 Å². The monoisotopic (exact) mass is 282 g/mol. The molecule has 0 radical (unpaired) electrons. The molecule has 0 atom stereocenters. The number of nitrogens with one attached hydrogen (secondary N) is 1. The Bertz CT molecular complexity index is 775. The number of carboxylic acid groups (broad SMARTS) is 1. The summed E-state index contributed by atoms with van der Waals surface area (Å²) in [5, 5.41) is 13.3. The lowest BCUT2D eigenvalue weighted by Crippen LogP contribution is -2.14. The maximum Gasteiger partial charge on any atom is 0.372 e. The Balaban J connectivity index is 1.72. The van der Waals surface area contributed by atoms with E-state index in [1.165, 1.54) is 6.26 Å². The Morgan fingerprint density at radius 3 is 2.81 bits per heavy atom. The summed E-state index contributed by atoms with van der Waals surface area (Å²) in [6.07, 6.45) is 3.16. The second kappa shape index (κ2) is 5.76. The Morgan fingerprint density at radius 1 is 1.14 bits per heavy atom. The molecule has 2 heterocycles. The van der Waals surface area contributed by atoms with Gasteiger partial charge in [0.25, 0.3) is 0 Å². The largest absolute Gasteiger partial charge is 0.475 e. The van der Waals surface area contributed by atoms with Crippen LogP contribution in [0.2, 0.25) is 0 Å². The molecule has 1 aromatic carbocycles. The molecule has 0 fully saturated rings. The van der Waals surface area contributed by atoms with Gasteiger partial charge in [0.05, 0.1) is 11.8 Å². The minimum Gasteiger partial charge on any atom is -0.475 e. The van der Waals surface area contributed by atoms with E-state index in [0.717, 1.165) is 16.5 Å². The van der Waals surface area contributed by atoms with Gasteiger partial charge < -0.3 is 14.8 Å². The van der Waals surface area contributed by atoms with Crippen LogP contribution in [-0.2, 0) is 13.1 Å². The first-order valence-corrected chi connectivity index (χ1v) is 6.58. The molecule has 0 bridgehead atoms. The summed E-state index contributed by atoms with van der Waals surface area (Å²) in [5.74, 6) is -1.07. The molecule has 3 aromatic rings. The minimum absolute atomic E-state index is 0.0152. The third-order valence-electron chi connectivity index (χ3n) is 3.29. The van der Waals surface area contributed by atoms with Crippen molar-refractivity contribution in [2.75, 3.05) is 0 Å². The molecular formula is C16H14N2O3. The maximum absolute atomic E-state index is 11.0. The average molecular weight is 282 g/mol. The van der Waals surface area contributed by atoms with Crippen LogP contribution in [0.1, 0.15) is 21.7 Å². The number of benzene rings is 1. The molecule has 5 nitrogen and oxygen atoms in total. The number of aromatic nitrogens is 1. The number of carbonyl (C=O) groups is 1. The van der Waals surface area contributed by atoms with E-state index in [9.17, 15) is 4.79 Å². The van der Waals surface area contributed by atoms with Crippen molar-refractivity contribution in [3.05, 3.63) is 65.7 Å². The van der Waals surface area contributed by atoms with E-state index in [2.05, 4.69) is 10.3 Å². The molecule has 0 aliphatic carbocycles. The number of pyridine rings is 1. The first-order chi connectivity index (χ1) is 10.3. The van der Waals surface area contributed by atoms with Crippen molar-refractivity contribution in [2.45, 2.75) is 13.1 Å². The van der Waals surface area contributed by atoms with Crippen LogP contribution >= 0.6 is 0 Å². The third-order valence-corrected chi connectivity index (χ3v) is 3.29. The minimum atomic E-state index is -1.05. The summed E-state index contributed by atoms with van der Waals surface area (Å²) in [6, 6.07) is 11.6. The van der Waals surface area contributed by atoms with Crippen molar-refractivity contribution in [1.29, 1.82) is 0 Å². The Kier molecular flexibility index (Phi) is 3.66. The van der Waals surface area contributed by atoms with E-state index >= 15 is 0 Å². The lowest BCUT2D eigenvalue weighted by molar-refractivity contribution is 0.0660. The smallest absolute Gasteiger partial charge is 0.372 e. The number of hydrogen-bond acceptors (Lipinski definition) is 4. The quantitative estimate of drug-likeness (QED) is 0.752. The SMILES string of the molecule is O=C(O)c1occc1CNCc1cccc2cccnc12. The fraction of sp³-hybridized carbons (Fsp3) is 0.125. The molecule has 0 aliphatic heterocycles. The molecule has 0 aliphatic rings. The van der Waals surface area contributed by atoms with Crippen LogP contribution < -0.4 is 5.32 Å². The molecule has 21 heavy (non-hydrogen) atoms. The summed E-state index contributed by atoms with van der Waals surface area (Å²) in [5.41, 5.74) is 2.67. The molecule has 3 rings (SSSR count). The van der Waals surface area contributed by atoms with E-state index in [0.29, 0.717) is 18.7 Å². The van der Waals surface area contributed by atoms with Gasteiger partial charge in [0.15, 0.2) is 0 Å². The number of nitrogens with zero attached hydrogens (tertiary/aromatic N) is 1. The van der Waals surface area contributed by atoms with Crippen molar-refractivity contribution >= 4 is 16.9 Å². The topological polar surface area (TPSA) is 75.4 Å². The van der Waals surface area contributed by atoms with Crippen molar-refractivity contribution in [3.63, 3.8) is 0 Å². The second-order valence-corrected chi connectivity index (χ2v) is 4.68. The Morgan fingerprint density at radius 2 is 1.95 bits per heavy atom. The van der Waals surface area contributed by atoms with Gasteiger partial charge in [0, 0.05) is 30.2 Å². The molecule has 0 amide bonds. The molecular weight excluding hydrogens is 268 g/mol. The van der Waals surface area contributed by atoms with Crippen molar-refractivity contribution < 1.29 is 14.3 Å². The first kappa shape index (κ1) is 13.3. The predicted octanol–water partition coefficient (Wildman–Crippen LogP) is 2.82. The van der Waals surface area contributed by atoms with Gasteiger partial charge in [-0.2, -0.15) is 0 Å². The summed E-state index contributed by atoms with van der Waals surface area (Å²) in [7, 11) is 0. The van der Waals surface area contributed by atoms with Crippen LogP contribution in [0.15, 0.2) is 53.3 Å². The lowest BCUT2D eigenvalue weighted by Gasteiger charge is -2.07. The van der Waals surface area contributed by atoms with E-state index < -0.39 is 5.97 Å². The summed E-state index contributed by atoms with van der Waals surface area (Å²) < 4.78 is 4.95. The fourth-order valence-corrected chi connectivity index (χ4v) is 2.30. The van der Waals surface area contributed by atoms with E-state index in [1.807, 2.05) is 30.3 Å². The van der Waals surface area contributed by atoms with Crippen molar-refractivity contribution in [3.8, 4) is 0 Å². The number of rotatable bonds is 5. The highest BCUT2D eigenvalue weighted by Crippen LogP contribution is 2.16. The van der Waals surface area contributed by atoms with Crippen LogP contribution in [0.5, 0.6) is 0 Å². The molecule has 106 valence electrons. The van der Waals surface area contributed by atoms with Crippen molar-refractivity contribution in [2.24, 2.45) is 0 Å². The average Bonchev–Trinajstić information content (AvgIpc) is 2.96. The fourth-order valence-electron chi connectivity index (χ4n) is 2.30. The molecule has 2 N–H and O–H groups in total. The second-order valence-electron chi connectivity index (χ2n) is 4.68. The van der Waals surface area contributed by atoms with Gasteiger partial charge in [-0.1, -0.05) is 24.3 Å². The van der Waals surface area contributed by atoms with Gasteiger partial charge in [-0.15, -0.1) is 0 Å². The highest BCUT2D eigenvalue weighted by atomic mass is 16.4. The number of hydrogen-bond donors (Lipinski definition) is 2. The highest BCUT2D eigenvalue weighted by molar-refractivity contribution is 5.86. The van der Waals surface area contributed by atoms with Gasteiger partial charge in [-0.25, -0.2) is 4.79 Å². The zero-order chi connectivity index (χ0) is 14.7. The van der Waals surface area contributed by atoms with Crippen molar-refractivity contribution in [1.82, 2.24) is 10.3 Å². The van der Waals surface area contributed by atoms with Crippen LogP contribution in [0.4, 0.5) is 0 Å².